The van der Waals surface area contributed by atoms with E-state index in [0.29, 0.717) is 6.54 Å². The Balaban J connectivity index is 3.89. The standard InChI is InChI=1S/C8H16F3N3/c1-3-5-13-7(12)14(2)6-4-8(9,10)11/h3-6H2,1-2H3,(H2,12,13). The summed E-state index contributed by atoms with van der Waals surface area (Å²) in [6, 6.07) is 0. The summed E-state index contributed by atoms with van der Waals surface area (Å²) in [7, 11) is 1.50. The molecule has 0 fully saturated rings. The predicted molar refractivity (Wildman–Crippen MR) is 50.1 cm³/mol. The number of alkyl halides is 3. The Morgan fingerprint density at radius 1 is 1.43 bits per heavy atom. The summed E-state index contributed by atoms with van der Waals surface area (Å²) < 4.78 is 35.5. The fraction of sp³-hybridized carbons (Fsp3) is 0.875. The van der Waals surface area contributed by atoms with Crippen molar-refractivity contribution < 1.29 is 13.2 Å². The number of nitrogens with zero attached hydrogens (tertiary/aromatic N) is 2. The highest BCUT2D eigenvalue weighted by Gasteiger charge is 2.27. The number of guanidine groups is 1. The lowest BCUT2D eigenvalue weighted by atomic mass is 10.4. The minimum Gasteiger partial charge on any atom is -0.370 e. The van der Waals surface area contributed by atoms with E-state index in [1.807, 2.05) is 6.92 Å². The molecule has 6 heteroatoms. The van der Waals surface area contributed by atoms with Crippen LogP contribution in [0.4, 0.5) is 13.2 Å². The first-order chi connectivity index (χ1) is 6.37. The third-order valence-electron chi connectivity index (χ3n) is 1.62. The van der Waals surface area contributed by atoms with E-state index in [1.165, 1.54) is 11.9 Å². The third-order valence-corrected chi connectivity index (χ3v) is 1.62. The molecule has 0 heterocycles. The second kappa shape index (κ2) is 5.72. The summed E-state index contributed by atoms with van der Waals surface area (Å²) in [5.41, 5.74) is 5.44. The van der Waals surface area contributed by atoms with E-state index in [4.69, 9.17) is 5.73 Å². The van der Waals surface area contributed by atoms with Crippen molar-refractivity contribution in [1.29, 1.82) is 0 Å². The van der Waals surface area contributed by atoms with Crippen molar-refractivity contribution in [3.63, 3.8) is 0 Å². The summed E-state index contributed by atoms with van der Waals surface area (Å²) in [5.74, 6) is 0.163. The summed E-state index contributed by atoms with van der Waals surface area (Å²) in [4.78, 5) is 5.20. The van der Waals surface area contributed by atoms with Crippen LogP contribution in [0.3, 0.4) is 0 Å². The van der Waals surface area contributed by atoms with Gasteiger partial charge in [-0.3, -0.25) is 4.99 Å². The molecule has 2 N–H and O–H groups in total. The van der Waals surface area contributed by atoms with Crippen LogP contribution in [0.5, 0.6) is 0 Å². The zero-order valence-electron chi connectivity index (χ0n) is 8.43. The normalized spacial score (nSPS) is 13.1. The molecule has 0 amide bonds. The molecule has 0 saturated heterocycles. The van der Waals surface area contributed by atoms with Crippen LogP contribution in [0.1, 0.15) is 19.8 Å². The molecule has 14 heavy (non-hydrogen) atoms. The van der Waals surface area contributed by atoms with Crippen LogP contribution in [0.2, 0.25) is 0 Å². The van der Waals surface area contributed by atoms with Crippen molar-refractivity contribution in [2.75, 3.05) is 20.1 Å². The van der Waals surface area contributed by atoms with Crippen molar-refractivity contribution in [3.05, 3.63) is 0 Å². The van der Waals surface area contributed by atoms with Gasteiger partial charge in [0.2, 0.25) is 0 Å². The Hall–Kier alpha value is -0.940. The topological polar surface area (TPSA) is 41.6 Å². The van der Waals surface area contributed by atoms with Crippen molar-refractivity contribution in [2.45, 2.75) is 25.9 Å². The quantitative estimate of drug-likeness (QED) is 0.566. The SMILES string of the molecule is CCCN=C(N)N(C)CCC(F)(F)F. The Morgan fingerprint density at radius 2 is 2.00 bits per heavy atom. The van der Waals surface area contributed by atoms with Gasteiger partial charge < -0.3 is 10.6 Å². The van der Waals surface area contributed by atoms with Gasteiger partial charge in [0, 0.05) is 20.1 Å². The summed E-state index contributed by atoms with van der Waals surface area (Å²) >= 11 is 0. The Kier molecular flexibility index (Phi) is 5.34. The molecular weight excluding hydrogens is 195 g/mol. The summed E-state index contributed by atoms with van der Waals surface area (Å²) in [5, 5.41) is 0. The molecule has 0 spiro atoms. The van der Waals surface area contributed by atoms with E-state index < -0.39 is 12.6 Å². The molecule has 0 rings (SSSR count). The monoisotopic (exact) mass is 211 g/mol. The molecule has 0 aromatic carbocycles. The average molecular weight is 211 g/mol. The Bertz CT molecular complexity index is 189. The second-order valence-electron chi connectivity index (χ2n) is 3.03. The van der Waals surface area contributed by atoms with Crippen molar-refractivity contribution in [2.24, 2.45) is 10.7 Å². The molecule has 0 atom stereocenters. The maximum absolute atomic E-state index is 11.8. The number of rotatable bonds is 4. The smallest absolute Gasteiger partial charge is 0.370 e. The highest BCUT2D eigenvalue weighted by molar-refractivity contribution is 5.77. The zero-order chi connectivity index (χ0) is 11.2. The van der Waals surface area contributed by atoms with Crippen LogP contribution in [0, 0.1) is 0 Å². The fourth-order valence-electron chi connectivity index (χ4n) is 0.756. The van der Waals surface area contributed by atoms with E-state index in [0.717, 1.165) is 6.42 Å². The van der Waals surface area contributed by atoms with Gasteiger partial charge in [0.15, 0.2) is 5.96 Å². The number of hydrogen-bond acceptors (Lipinski definition) is 1. The molecule has 0 unspecified atom stereocenters. The number of hydrogen-bond donors (Lipinski definition) is 1. The molecule has 0 radical (unpaired) electrons. The average Bonchev–Trinajstić information content (AvgIpc) is 2.09. The van der Waals surface area contributed by atoms with Crippen molar-refractivity contribution in [3.8, 4) is 0 Å². The van der Waals surface area contributed by atoms with Gasteiger partial charge in [-0.1, -0.05) is 6.92 Å². The van der Waals surface area contributed by atoms with E-state index >= 15 is 0 Å². The summed E-state index contributed by atoms with van der Waals surface area (Å²) in [6.07, 6.45) is -4.18. The molecule has 0 aliphatic heterocycles. The fourth-order valence-corrected chi connectivity index (χ4v) is 0.756. The van der Waals surface area contributed by atoms with Gasteiger partial charge >= 0.3 is 6.18 Å². The van der Waals surface area contributed by atoms with Crippen LogP contribution < -0.4 is 5.73 Å². The Labute approximate surface area is 81.8 Å². The maximum Gasteiger partial charge on any atom is 0.390 e. The molecular formula is C8H16F3N3. The lowest BCUT2D eigenvalue weighted by Gasteiger charge is -2.18. The van der Waals surface area contributed by atoms with Gasteiger partial charge in [0.25, 0.3) is 0 Å². The minimum atomic E-state index is -4.14. The molecule has 0 aliphatic carbocycles. The zero-order valence-corrected chi connectivity index (χ0v) is 8.43. The van der Waals surface area contributed by atoms with Gasteiger partial charge in [-0.25, -0.2) is 0 Å². The highest BCUT2D eigenvalue weighted by Crippen LogP contribution is 2.19. The Morgan fingerprint density at radius 3 is 2.43 bits per heavy atom. The third kappa shape index (κ3) is 6.56. The molecule has 0 aromatic heterocycles. The number of nitrogens with two attached hydrogens (primary N) is 1. The van der Waals surface area contributed by atoms with Gasteiger partial charge in [0.05, 0.1) is 6.42 Å². The second-order valence-corrected chi connectivity index (χ2v) is 3.03. The van der Waals surface area contributed by atoms with Gasteiger partial charge in [0.1, 0.15) is 0 Å². The van der Waals surface area contributed by atoms with Crippen molar-refractivity contribution >= 4 is 5.96 Å². The van der Waals surface area contributed by atoms with E-state index in [9.17, 15) is 13.2 Å². The molecule has 0 saturated carbocycles. The molecule has 84 valence electrons. The van der Waals surface area contributed by atoms with Gasteiger partial charge in [-0.05, 0) is 6.42 Å². The molecule has 0 aromatic rings. The van der Waals surface area contributed by atoms with Crippen LogP contribution in [-0.4, -0.2) is 37.2 Å². The van der Waals surface area contributed by atoms with Crippen LogP contribution in [0.25, 0.3) is 0 Å². The first-order valence-electron chi connectivity index (χ1n) is 4.44. The lowest BCUT2D eigenvalue weighted by Crippen LogP contribution is -2.36. The summed E-state index contributed by atoms with van der Waals surface area (Å²) in [6.45, 7) is 2.32. The number of aliphatic imine (C=N–C) groups is 1. The number of halogens is 3. The van der Waals surface area contributed by atoms with Crippen LogP contribution in [0.15, 0.2) is 4.99 Å². The molecule has 0 bridgehead atoms. The predicted octanol–water partition coefficient (Wildman–Crippen LogP) is 1.60. The van der Waals surface area contributed by atoms with Crippen LogP contribution >= 0.6 is 0 Å². The van der Waals surface area contributed by atoms with E-state index in [-0.39, 0.29) is 12.5 Å². The van der Waals surface area contributed by atoms with Crippen molar-refractivity contribution in [1.82, 2.24) is 4.90 Å². The minimum absolute atomic E-state index is 0.150. The first kappa shape index (κ1) is 13.1. The van der Waals surface area contributed by atoms with E-state index in [1.54, 1.807) is 0 Å². The molecule has 0 aliphatic rings. The van der Waals surface area contributed by atoms with Crippen LogP contribution in [-0.2, 0) is 0 Å². The highest BCUT2D eigenvalue weighted by atomic mass is 19.4. The first-order valence-corrected chi connectivity index (χ1v) is 4.44. The van der Waals surface area contributed by atoms with E-state index in [2.05, 4.69) is 4.99 Å². The lowest BCUT2D eigenvalue weighted by molar-refractivity contribution is -0.135. The molecule has 3 nitrogen and oxygen atoms in total. The van der Waals surface area contributed by atoms with Gasteiger partial charge in [-0.15, -0.1) is 0 Å². The largest absolute Gasteiger partial charge is 0.390 e. The van der Waals surface area contributed by atoms with Gasteiger partial charge in [-0.2, -0.15) is 13.2 Å². The maximum atomic E-state index is 11.8.